The normalized spacial score (nSPS) is 21.3. The van der Waals surface area contributed by atoms with E-state index >= 15 is 0 Å². The van der Waals surface area contributed by atoms with Gasteiger partial charge >= 0.3 is 0 Å². The minimum atomic E-state index is 0.103. The number of piperazine rings is 1. The highest BCUT2D eigenvalue weighted by molar-refractivity contribution is 5.78. The van der Waals surface area contributed by atoms with Crippen molar-refractivity contribution in [1.29, 1.82) is 0 Å². The summed E-state index contributed by atoms with van der Waals surface area (Å²) >= 11 is 0. The van der Waals surface area contributed by atoms with Crippen LogP contribution in [0.2, 0.25) is 0 Å². The summed E-state index contributed by atoms with van der Waals surface area (Å²) in [6, 6.07) is 0. The second-order valence-corrected chi connectivity index (χ2v) is 5.18. The molecule has 0 aromatic carbocycles. The van der Waals surface area contributed by atoms with Gasteiger partial charge < -0.3 is 14.3 Å². The van der Waals surface area contributed by atoms with Crippen LogP contribution in [-0.4, -0.2) is 59.1 Å². The second kappa shape index (κ2) is 4.68. The molecular weight excluding hydrogens is 232 g/mol. The third kappa shape index (κ3) is 2.53. The minimum Gasteiger partial charge on any atom is -0.340 e. The lowest BCUT2D eigenvalue weighted by Crippen LogP contribution is -2.47. The van der Waals surface area contributed by atoms with Gasteiger partial charge in [-0.3, -0.25) is 4.79 Å². The molecule has 1 saturated heterocycles. The van der Waals surface area contributed by atoms with E-state index in [0.717, 1.165) is 39.0 Å². The fourth-order valence-electron chi connectivity index (χ4n) is 2.14. The predicted octanol–water partition coefficient (Wildman–Crippen LogP) is 0.263. The molecule has 0 radical (unpaired) electrons. The Hall–Kier alpha value is -1.43. The van der Waals surface area contributed by atoms with Gasteiger partial charge in [0.15, 0.2) is 5.82 Å². The van der Waals surface area contributed by atoms with Crippen LogP contribution in [0.5, 0.6) is 0 Å². The molecule has 0 spiro atoms. The third-order valence-corrected chi connectivity index (χ3v) is 3.58. The number of aromatic nitrogens is 2. The van der Waals surface area contributed by atoms with Gasteiger partial charge in [0.05, 0.1) is 6.42 Å². The highest BCUT2D eigenvalue weighted by Crippen LogP contribution is 2.38. The lowest BCUT2D eigenvalue weighted by Gasteiger charge is -2.32. The van der Waals surface area contributed by atoms with Crippen molar-refractivity contribution in [1.82, 2.24) is 19.9 Å². The third-order valence-electron chi connectivity index (χ3n) is 3.58. The van der Waals surface area contributed by atoms with E-state index in [1.807, 2.05) is 4.90 Å². The Balaban J connectivity index is 1.56. The van der Waals surface area contributed by atoms with Crippen LogP contribution in [-0.2, 0) is 11.2 Å². The lowest BCUT2D eigenvalue weighted by molar-refractivity contribution is -0.132. The zero-order valence-corrected chi connectivity index (χ0v) is 10.6. The van der Waals surface area contributed by atoms with Crippen molar-refractivity contribution in [3.8, 4) is 0 Å². The molecule has 2 aliphatic rings. The van der Waals surface area contributed by atoms with Gasteiger partial charge in [0.1, 0.15) is 0 Å². The molecule has 1 saturated carbocycles. The zero-order chi connectivity index (χ0) is 12.5. The summed E-state index contributed by atoms with van der Waals surface area (Å²) in [6.07, 6.45) is 2.53. The largest absolute Gasteiger partial charge is 0.340 e. The molecule has 1 aliphatic carbocycles. The fraction of sp³-hybridized carbons (Fsp3) is 0.750. The summed E-state index contributed by atoms with van der Waals surface area (Å²) in [6.45, 7) is 3.46. The van der Waals surface area contributed by atoms with Crippen molar-refractivity contribution in [2.24, 2.45) is 0 Å². The van der Waals surface area contributed by atoms with Crippen molar-refractivity contribution in [2.75, 3.05) is 33.2 Å². The Kier molecular flexibility index (Phi) is 3.03. The van der Waals surface area contributed by atoms with E-state index in [0.29, 0.717) is 17.6 Å². The monoisotopic (exact) mass is 250 g/mol. The molecule has 0 N–H and O–H groups in total. The van der Waals surface area contributed by atoms with E-state index in [-0.39, 0.29) is 12.3 Å². The fourth-order valence-corrected chi connectivity index (χ4v) is 2.14. The SMILES string of the molecule is CN1CCN(C(=O)Cc2noc(C3CC3)n2)CC1. The van der Waals surface area contributed by atoms with Crippen LogP contribution in [0.25, 0.3) is 0 Å². The van der Waals surface area contributed by atoms with Crippen LogP contribution in [0.4, 0.5) is 0 Å². The Morgan fingerprint density at radius 2 is 2.06 bits per heavy atom. The van der Waals surface area contributed by atoms with Crippen LogP contribution < -0.4 is 0 Å². The molecule has 6 nitrogen and oxygen atoms in total. The van der Waals surface area contributed by atoms with Crippen molar-refractivity contribution in [2.45, 2.75) is 25.2 Å². The molecule has 98 valence electrons. The molecule has 3 rings (SSSR count). The van der Waals surface area contributed by atoms with Gasteiger partial charge in [-0.15, -0.1) is 0 Å². The number of amides is 1. The number of hydrogen-bond acceptors (Lipinski definition) is 5. The topological polar surface area (TPSA) is 62.5 Å². The van der Waals surface area contributed by atoms with Gasteiger partial charge in [0.2, 0.25) is 11.8 Å². The van der Waals surface area contributed by atoms with E-state index in [2.05, 4.69) is 22.1 Å². The first-order chi connectivity index (χ1) is 8.72. The number of nitrogens with zero attached hydrogens (tertiary/aromatic N) is 4. The van der Waals surface area contributed by atoms with Gasteiger partial charge in [-0.1, -0.05) is 5.16 Å². The Morgan fingerprint density at radius 1 is 1.33 bits per heavy atom. The maximum atomic E-state index is 12.1. The number of hydrogen-bond donors (Lipinski definition) is 0. The van der Waals surface area contributed by atoms with Crippen LogP contribution >= 0.6 is 0 Å². The van der Waals surface area contributed by atoms with Crippen molar-refractivity contribution in [3.05, 3.63) is 11.7 Å². The number of rotatable bonds is 3. The number of carbonyl (C=O) groups excluding carboxylic acids is 1. The molecule has 0 bridgehead atoms. The van der Waals surface area contributed by atoms with Crippen LogP contribution in [0.1, 0.15) is 30.5 Å². The van der Waals surface area contributed by atoms with E-state index < -0.39 is 0 Å². The van der Waals surface area contributed by atoms with E-state index in [9.17, 15) is 4.79 Å². The highest BCUT2D eigenvalue weighted by atomic mass is 16.5. The maximum absolute atomic E-state index is 12.1. The molecule has 0 atom stereocenters. The molecule has 0 unspecified atom stereocenters. The lowest BCUT2D eigenvalue weighted by atomic mass is 10.3. The summed E-state index contributed by atoms with van der Waals surface area (Å²) in [5.74, 6) is 1.79. The standard InChI is InChI=1S/C12H18N4O2/c1-15-4-6-16(7-5-15)11(17)8-10-13-12(18-14-10)9-2-3-9/h9H,2-8H2,1H3. The first kappa shape index (κ1) is 11.6. The Labute approximate surface area is 106 Å². The Morgan fingerprint density at radius 3 is 2.72 bits per heavy atom. The van der Waals surface area contributed by atoms with E-state index in [4.69, 9.17) is 4.52 Å². The Bertz CT molecular complexity index is 433. The molecule has 2 fully saturated rings. The van der Waals surface area contributed by atoms with E-state index in [1.54, 1.807) is 0 Å². The average molecular weight is 250 g/mol. The summed E-state index contributed by atoms with van der Waals surface area (Å²) < 4.78 is 5.15. The minimum absolute atomic E-state index is 0.103. The molecule has 6 heteroatoms. The van der Waals surface area contributed by atoms with Crippen molar-refractivity contribution < 1.29 is 9.32 Å². The molecule has 1 aliphatic heterocycles. The van der Waals surface area contributed by atoms with Crippen LogP contribution in [0.15, 0.2) is 4.52 Å². The summed E-state index contributed by atoms with van der Waals surface area (Å²) in [7, 11) is 2.07. The quantitative estimate of drug-likeness (QED) is 0.770. The van der Waals surface area contributed by atoms with Crippen molar-refractivity contribution >= 4 is 5.91 Å². The van der Waals surface area contributed by atoms with E-state index in [1.165, 1.54) is 0 Å². The molecule has 1 aromatic rings. The predicted molar refractivity (Wildman–Crippen MR) is 64.1 cm³/mol. The summed E-state index contributed by atoms with van der Waals surface area (Å²) in [4.78, 5) is 20.4. The van der Waals surface area contributed by atoms with Gasteiger partial charge in [-0.05, 0) is 19.9 Å². The van der Waals surface area contributed by atoms with Gasteiger partial charge in [-0.2, -0.15) is 4.98 Å². The molecule has 1 aromatic heterocycles. The van der Waals surface area contributed by atoms with Gasteiger partial charge in [0.25, 0.3) is 0 Å². The molecule has 2 heterocycles. The number of likely N-dealkylation sites (N-methyl/N-ethyl adjacent to an activating group) is 1. The molecular formula is C12H18N4O2. The smallest absolute Gasteiger partial charge is 0.230 e. The molecule has 1 amide bonds. The van der Waals surface area contributed by atoms with Crippen LogP contribution in [0, 0.1) is 0 Å². The second-order valence-electron chi connectivity index (χ2n) is 5.18. The van der Waals surface area contributed by atoms with Gasteiger partial charge in [0, 0.05) is 32.1 Å². The average Bonchev–Trinajstić information content (AvgIpc) is 3.11. The highest BCUT2D eigenvalue weighted by Gasteiger charge is 2.30. The number of carbonyl (C=O) groups is 1. The zero-order valence-electron chi connectivity index (χ0n) is 10.6. The summed E-state index contributed by atoms with van der Waals surface area (Å²) in [5, 5.41) is 3.88. The first-order valence-electron chi connectivity index (χ1n) is 6.51. The maximum Gasteiger partial charge on any atom is 0.230 e. The first-order valence-corrected chi connectivity index (χ1v) is 6.51. The molecule has 18 heavy (non-hydrogen) atoms. The van der Waals surface area contributed by atoms with Gasteiger partial charge in [-0.25, -0.2) is 0 Å². The van der Waals surface area contributed by atoms with Crippen molar-refractivity contribution in [3.63, 3.8) is 0 Å². The van der Waals surface area contributed by atoms with Crippen LogP contribution in [0.3, 0.4) is 0 Å². The summed E-state index contributed by atoms with van der Waals surface area (Å²) in [5.41, 5.74) is 0.